The van der Waals surface area contributed by atoms with Gasteiger partial charge in [-0.2, -0.15) is 4.99 Å². The number of carbonyl (C=O) groups excluding carboxylic acids is 4. The smallest absolute Gasteiger partial charge is 0.322 e. The average Bonchev–Trinajstić information content (AvgIpc) is 3.10. The number of carboxylic acids is 4. The Labute approximate surface area is 315 Å². The number of amides is 4. The van der Waals surface area contributed by atoms with Crippen LogP contribution in [0.5, 0.6) is 0 Å². The molecule has 8 N–H and O–H groups in total. The fraction of sp³-hybridized carbons (Fsp3) is 0.531. The van der Waals surface area contributed by atoms with Crippen LogP contribution in [0.4, 0.5) is 5.69 Å². The minimum absolute atomic E-state index is 0.102. The third kappa shape index (κ3) is 19.5. The highest BCUT2D eigenvalue weighted by atomic mass is 32.1. The Morgan fingerprint density at radius 3 is 1.37 bits per heavy atom. The zero-order valence-corrected chi connectivity index (χ0v) is 30.2. The first-order valence-electron chi connectivity index (χ1n) is 16.6. The van der Waals surface area contributed by atoms with Gasteiger partial charge >= 0.3 is 23.9 Å². The predicted molar refractivity (Wildman–Crippen MR) is 192 cm³/mol. The molecule has 0 saturated carbocycles. The van der Waals surface area contributed by atoms with E-state index in [1.165, 1.54) is 0 Å². The number of hydrogen-bond acceptors (Lipinski definition) is 14. The van der Waals surface area contributed by atoms with E-state index in [2.05, 4.69) is 43.6 Å². The summed E-state index contributed by atoms with van der Waals surface area (Å²) in [7, 11) is 0. The Balaban J connectivity index is 2.56. The highest BCUT2D eigenvalue weighted by molar-refractivity contribution is 7.78. The molecule has 1 aromatic carbocycles. The van der Waals surface area contributed by atoms with E-state index in [0.29, 0.717) is 5.69 Å². The van der Waals surface area contributed by atoms with Gasteiger partial charge in [0.15, 0.2) is 0 Å². The molecule has 1 aliphatic rings. The van der Waals surface area contributed by atoms with Gasteiger partial charge in [0.2, 0.25) is 23.6 Å². The van der Waals surface area contributed by atoms with E-state index in [1.807, 2.05) is 0 Å². The van der Waals surface area contributed by atoms with E-state index in [4.69, 9.17) is 20.4 Å². The van der Waals surface area contributed by atoms with Crippen LogP contribution in [0.3, 0.4) is 0 Å². The Morgan fingerprint density at radius 1 is 0.593 bits per heavy atom. The van der Waals surface area contributed by atoms with Crippen LogP contribution in [0, 0.1) is 0 Å². The maximum atomic E-state index is 13.1. The van der Waals surface area contributed by atoms with Crippen molar-refractivity contribution < 1.29 is 58.8 Å². The lowest BCUT2D eigenvalue weighted by Crippen LogP contribution is -2.55. The van der Waals surface area contributed by atoms with Crippen molar-refractivity contribution in [3.05, 3.63) is 29.8 Å². The van der Waals surface area contributed by atoms with Crippen molar-refractivity contribution >= 4 is 70.6 Å². The molecule has 1 aromatic rings. The molecule has 0 aliphatic carbocycles. The molecular formula is C32H45N9O12S. The summed E-state index contributed by atoms with van der Waals surface area (Å²) in [6.45, 7) is -2.66. The van der Waals surface area contributed by atoms with Gasteiger partial charge in [0.1, 0.15) is 26.2 Å². The maximum Gasteiger partial charge on any atom is 0.322 e. The first-order chi connectivity index (χ1) is 25.6. The van der Waals surface area contributed by atoms with Gasteiger partial charge in [0.05, 0.1) is 37.0 Å². The molecule has 2 rings (SSSR count). The third-order valence-electron chi connectivity index (χ3n) is 7.93. The molecule has 1 heterocycles. The summed E-state index contributed by atoms with van der Waals surface area (Å²) in [5, 5.41) is 47.9. The Bertz CT molecular complexity index is 1540. The number of aliphatic imine (C=N–C) groups is 1. The van der Waals surface area contributed by atoms with E-state index in [1.54, 1.807) is 43.9 Å². The SMILES string of the molecule is O=C(O)CNC(=O)CN1CCN(CC(=O)NCC(=O)O)CCN(CC(=O)NCC(=O)O)C(Cc2ccc(N=C=S)cc2)CN(CC(=O)NCC(=O)O)CC1. The molecule has 54 heavy (non-hydrogen) atoms. The number of carbonyl (C=O) groups is 8. The zero-order chi connectivity index (χ0) is 40.0. The fourth-order valence-corrected chi connectivity index (χ4v) is 5.46. The lowest BCUT2D eigenvalue weighted by Gasteiger charge is -2.38. The number of isothiocyanates is 1. The van der Waals surface area contributed by atoms with Crippen molar-refractivity contribution in [3.63, 3.8) is 0 Å². The topological polar surface area (TPSA) is 291 Å². The molecule has 1 aliphatic heterocycles. The molecular weight excluding hydrogens is 734 g/mol. The summed E-state index contributed by atoms with van der Waals surface area (Å²) < 4.78 is 0. The van der Waals surface area contributed by atoms with E-state index in [9.17, 15) is 38.4 Å². The minimum atomic E-state index is -1.26. The maximum absolute atomic E-state index is 13.1. The number of thiocarbonyl (C=S) groups is 1. The molecule has 1 fully saturated rings. The summed E-state index contributed by atoms with van der Waals surface area (Å²) in [4.78, 5) is 107. The monoisotopic (exact) mass is 779 g/mol. The van der Waals surface area contributed by atoms with E-state index in [-0.39, 0.29) is 78.4 Å². The van der Waals surface area contributed by atoms with Crippen LogP contribution in [0.1, 0.15) is 5.56 Å². The van der Waals surface area contributed by atoms with Crippen LogP contribution in [0.25, 0.3) is 0 Å². The minimum Gasteiger partial charge on any atom is -0.480 e. The van der Waals surface area contributed by atoms with E-state index < -0.39 is 79.7 Å². The van der Waals surface area contributed by atoms with Crippen molar-refractivity contribution in [2.24, 2.45) is 4.99 Å². The van der Waals surface area contributed by atoms with Gasteiger partial charge in [-0.15, -0.1) is 0 Å². The van der Waals surface area contributed by atoms with Gasteiger partial charge in [0.25, 0.3) is 0 Å². The van der Waals surface area contributed by atoms with Gasteiger partial charge in [-0.05, 0) is 36.3 Å². The Kier molecular flexibility index (Phi) is 19.9. The number of benzene rings is 1. The first kappa shape index (κ1) is 44.8. The standard InChI is InChI=1S/C32H45N9O12S/c42-25(33-12-29(46)47)17-38-5-6-39(18-26(43)34-13-30(48)49)9-10-41(20-28(45)36-15-32(52)53)24(11-22-1-3-23(4-2-22)37-21-54)16-40(8-7-38)19-27(44)35-14-31(50)51/h1-4,24H,5-20H2,(H,33,42)(H,34,43)(H,35,44)(H,36,45)(H,46,47)(H,48,49)(H,50,51)(H,52,53). The van der Waals surface area contributed by atoms with Gasteiger partial charge in [-0.25, -0.2) is 0 Å². The zero-order valence-electron chi connectivity index (χ0n) is 29.4. The van der Waals surface area contributed by atoms with Crippen molar-refractivity contribution in [1.82, 2.24) is 40.9 Å². The fourth-order valence-electron chi connectivity index (χ4n) is 5.35. The lowest BCUT2D eigenvalue weighted by molar-refractivity contribution is -0.138. The van der Waals surface area contributed by atoms with Crippen LogP contribution < -0.4 is 21.3 Å². The van der Waals surface area contributed by atoms with Crippen LogP contribution in [0.2, 0.25) is 0 Å². The van der Waals surface area contributed by atoms with E-state index in [0.717, 1.165) is 5.56 Å². The quantitative estimate of drug-likeness (QED) is 0.0496. The van der Waals surface area contributed by atoms with Crippen LogP contribution >= 0.6 is 12.2 Å². The number of nitrogens with one attached hydrogen (secondary N) is 4. The van der Waals surface area contributed by atoms with Gasteiger partial charge in [0, 0.05) is 51.9 Å². The third-order valence-corrected chi connectivity index (χ3v) is 8.02. The van der Waals surface area contributed by atoms with Crippen LogP contribution in [-0.2, 0) is 44.8 Å². The van der Waals surface area contributed by atoms with Crippen molar-refractivity contribution in [1.29, 1.82) is 0 Å². The number of hydrogen-bond donors (Lipinski definition) is 8. The molecule has 296 valence electrons. The number of rotatable bonds is 19. The lowest BCUT2D eigenvalue weighted by atomic mass is 10.0. The van der Waals surface area contributed by atoms with Gasteiger partial charge in [-0.1, -0.05) is 12.1 Å². The molecule has 4 amide bonds. The first-order valence-corrected chi connectivity index (χ1v) is 17.1. The summed E-state index contributed by atoms with van der Waals surface area (Å²) in [6, 6.07) is 6.41. The summed E-state index contributed by atoms with van der Waals surface area (Å²) >= 11 is 4.69. The highest BCUT2D eigenvalue weighted by Crippen LogP contribution is 2.17. The second kappa shape index (κ2) is 24.0. The van der Waals surface area contributed by atoms with Gasteiger partial charge in [-0.3, -0.25) is 58.0 Å². The summed E-state index contributed by atoms with van der Waals surface area (Å²) in [5.74, 6) is -7.44. The number of aliphatic carboxylic acids is 4. The number of carboxylic acid groups (broad SMARTS) is 4. The van der Waals surface area contributed by atoms with Crippen molar-refractivity contribution in [2.45, 2.75) is 12.5 Å². The molecule has 21 nitrogen and oxygen atoms in total. The predicted octanol–water partition coefficient (Wildman–Crippen LogP) is -3.64. The Morgan fingerprint density at radius 2 is 0.963 bits per heavy atom. The molecule has 22 heteroatoms. The normalized spacial score (nSPS) is 16.3. The van der Waals surface area contributed by atoms with Crippen molar-refractivity contribution in [2.75, 3.05) is 98.2 Å². The van der Waals surface area contributed by atoms with Crippen LogP contribution in [-0.4, -0.2) is 197 Å². The van der Waals surface area contributed by atoms with Crippen molar-refractivity contribution in [3.8, 4) is 0 Å². The summed E-state index contributed by atoms with van der Waals surface area (Å²) in [5.41, 5.74) is 1.32. The molecule has 0 aromatic heterocycles. The van der Waals surface area contributed by atoms with Crippen LogP contribution in [0.15, 0.2) is 29.3 Å². The molecule has 0 bridgehead atoms. The second-order valence-electron chi connectivity index (χ2n) is 12.2. The Hall–Kier alpha value is -5.38. The molecule has 1 saturated heterocycles. The molecule has 1 atom stereocenters. The number of nitrogens with zero attached hydrogens (tertiary/aromatic N) is 5. The van der Waals surface area contributed by atoms with Gasteiger partial charge < -0.3 is 41.7 Å². The molecule has 1 unspecified atom stereocenters. The van der Waals surface area contributed by atoms with E-state index >= 15 is 0 Å². The molecule has 0 spiro atoms. The summed E-state index contributed by atoms with van der Waals surface area (Å²) in [6.07, 6.45) is 0.279. The average molecular weight is 780 g/mol. The molecule has 0 radical (unpaired) electrons. The largest absolute Gasteiger partial charge is 0.480 e. The highest BCUT2D eigenvalue weighted by Gasteiger charge is 2.28. The second-order valence-corrected chi connectivity index (χ2v) is 12.3.